The Morgan fingerprint density at radius 1 is 0.889 bits per heavy atom. The molecule has 0 amide bonds. The fourth-order valence-electron chi connectivity index (χ4n) is 1.78. The Bertz CT molecular complexity index is 226. The van der Waals surface area contributed by atoms with Crippen molar-refractivity contribution < 1.29 is 23.1 Å². The number of hydrogen-bond donors (Lipinski definition) is 1. The van der Waals surface area contributed by atoms with Gasteiger partial charge < -0.3 is 0 Å². The van der Waals surface area contributed by atoms with Gasteiger partial charge in [-0.2, -0.15) is 5.90 Å². The van der Waals surface area contributed by atoms with Crippen molar-refractivity contribution >= 4 is 10.8 Å². The van der Waals surface area contributed by atoms with Gasteiger partial charge in [0.05, 0.1) is 4.28 Å². The van der Waals surface area contributed by atoms with Gasteiger partial charge in [-0.05, 0) is 6.42 Å². The second kappa shape index (κ2) is 12.0. The smallest absolute Gasteiger partial charge is 0.155 e. The van der Waals surface area contributed by atoms with Gasteiger partial charge in [-0.1, -0.05) is 64.7 Å². The van der Waals surface area contributed by atoms with Crippen molar-refractivity contribution in [2.45, 2.75) is 71.1 Å². The highest BCUT2D eigenvalue weighted by Gasteiger charge is 2.34. The van der Waals surface area contributed by atoms with Crippen LogP contribution in [0.3, 0.4) is 0 Å². The Kier molecular flexibility index (Phi) is 12.0. The van der Waals surface area contributed by atoms with Crippen molar-refractivity contribution in [2.75, 3.05) is 6.61 Å². The summed E-state index contributed by atoms with van der Waals surface area (Å²) in [5.74, 6) is 2.81. The molecule has 0 aliphatic carbocycles. The quantitative estimate of drug-likeness (QED) is 0.320. The molecule has 0 heterocycles. The largest absolute Gasteiger partial charge is 0.597 e. The number of hydrogen-bond acceptors (Lipinski definition) is 3. The molecule has 1 radical (unpaired) electrons. The molecule has 109 valence electrons. The summed E-state index contributed by atoms with van der Waals surface area (Å²) in [6.45, 7) is 2.41. The lowest BCUT2D eigenvalue weighted by atomic mass is 10.1. The number of unbranched alkanes of at least 4 members (excludes halogenated alkanes) is 9. The van der Waals surface area contributed by atoms with Crippen molar-refractivity contribution in [3.05, 3.63) is 0 Å². The van der Waals surface area contributed by atoms with Gasteiger partial charge in [-0.15, -0.1) is 4.18 Å². The van der Waals surface area contributed by atoms with Crippen LogP contribution < -0.4 is 5.90 Å². The molecule has 0 bridgehead atoms. The van der Waals surface area contributed by atoms with Gasteiger partial charge in [-0.3, -0.25) is 0 Å². The Morgan fingerprint density at radius 2 is 1.33 bits per heavy atom. The van der Waals surface area contributed by atoms with E-state index in [9.17, 15) is 8.76 Å². The van der Waals surface area contributed by atoms with Crippen LogP contribution in [0.15, 0.2) is 0 Å². The van der Waals surface area contributed by atoms with E-state index < -0.39 is 10.8 Å². The fourth-order valence-corrected chi connectivity index (χ4v) is 2.17. The molecule has 0 fully saturated rings. The molecule has 18 heavy (non-hydrogen) atoms. The molecule has 1 atom stereocenters. The van der Waals surface area contributed by atoms with Gasteiger partial charge in [0, 0.05) is 4.21 Å². The van der Waals surface area contributed by atoms with Gasteiger partial charge in [-0.25, -0.2) is 0 Å². The van der Waals surface area contributed by atoms with Crippen LogP contribution in [0.5, 0.6) is 0 Å². The second-order valence-electron chi connectivity index (χ2n) is 4.53. The van der Waals surface area contributed by atoms with Crippen LogP contribution in [0, 0.1) is 0 Å². The highest BCUT2D eigenvalue weighted by atomic mass is 32.3. The lowest BCUT2D eigenvalue weighted by Gasteiger charge is -2.01. The Balaban J connectivity index is 3.10. The van der Waals surface area contributed by atoms with Crippen molar-refractivity contribution in [3.8, 4) is 0 Å². The summed E-state index contributed by atoms with van der Waals surface area (Å²) in [5.41, 5.74) is 0. The molecule has 1 unspecified atom stereocenters. The summed E-state index contributed by atoms with van der Waals surface area (Å²) in [6.07, 6.45) is 12.1. The second-order valence-corrected chi connectivity index (χ2v) is 5.82. The van der Waals surface area contributed by atoms with Crippen LogP contribution in [-0.4, -0.2) is 6.61 Å². The number of quaternary nitrogens is 1. The Labute approximate surface area is 112 Å². The van der Waals surface area contributed by atoms with E-state index in [1.165, 1.54) is 44.9 Å². The highest BCUT2D eigenvalue weighted by Crippen LogP contribution is 2.11. The van der Waals surface area contributed by atoms with Gasteiger partial charge >= 0.3 is 10.8 Å². The maximum Gasteiger partial charge on any atom is 0.597 e. The zero-order valence-corrected chi connectivity index (χ0v) is 12.3. The highest BCUT2D eigenvalue weighted by molar-refractivity contribution is 7.88. The monoisotopic (exact) mass is 282 g/mol. The molecular weight excluding hydrogens is 254 g/mol. The molecular formula is C12H28NO4S+2. The first kappa shape index (κ1) is 18.0. The molecule has 0 aromatic rings. The molecule has 0 saturated heterocycles. The average molecular weight is 282 g/mol. The maximum atomic E-state index is 10.8. The zero-order valence-electron chi connectivity index (χ0n) is 11.5. The van der Waals surface area contributed by atoms with E-state index in [0.29, 0.717) is 0 Å². The summed E-state index contributed by atoms with van der Waals surface area (Å²) >= 11 is 0. The summed E-state index contributed by atoms with van der Waals surface area (Å²) < 4.78 is 30.0. The molecule has 3 N–H and O–H groups in total. The normalized spacial score (nSPS) is 14.6. The van der Waals surface area contributed by atoms with Crippen LogP contribution >= 0.6 is 0 Å². The van der Waals surface area contributed by atoms with Gasteiger partial charge in [0.15, 0.2) is 0 Å². The van der Waals surface area contributed by atoms with E-state index in [1.54, 1.807) is 0 Å². The average Bonchev–Trinajstić information content (AvgIpc) is 2.36. The van der Waals surface area contributed by atoms with Crippen molar-refractivity contribution in [1.29, 1.82) is 0 Å². The van der Waals surface area contributed by atoms with E-state index in [4.69, 9.17) is 0 Å². The summed E-state index contributed by atoms with van der Waals surface area (Å²) in [6, 6.07) is 0. The maximum absolute atomic E-state index is 10.8. The summed E-state index contributed by atoms with van der Waals surface area (Å²) in [7, 11) is -3.84. The SMILES string of the molecule is CCCCCCCCCCCCO[S+]([O])(=O)O[NH3+]. The van der Waals surface area contributed by atoms with E-state index in [1.807, 2.05) is 0 Å². The first-order valence-electron chi connectivity index (χ1n) is 6.95. The predicted octanol–water partition coefficient (Wildman–Crippen LogP) is 2.77. The lowest BCUT2D eigenvalue weighted by Crippen LogP contribution is -2.53. The molecule has 0 aromatic carbocycles. The molecule has 0 aliphatic heterocycles. The minimum Gasteiger partial charge on any atom is -0.155 e. The van der Waals surface area contributed by atoms with Crippen molar-refractivity contribution in [3.63, 3.8) is 0 Å². The first-order chi connectivity index (χ1) is 8.62. The van der Waals surface area contributed by atoms with Gasteiger partial charge in [0.2, 0.25) is 0 Å². The lowest BCUT2D eigenvalue weighted by molar-refractivity contribution is -0.640. The van der Waals surface area contributed by atoms with E-state index in [-0.39, 0.29) is 6.61 Å². The molecule has 0 aromatic heterocycles. The molecule has 0 rings (SSSR count). The van der Waals surface area contributed by atoms with E-state index >= 15 is 0 Å². The topological polar surface area (TPSA) is 83.1 Å². The molecule has 6 heteroatoms. The predicted molar refractivity (Wildman–Crippen MR) is 70.5 cm³/mol. The molecule has 5 nitrogen and oxygen atoms in total. The zero-order chi connectivity index (χ0) is 13.7. The van der Waals surface area contributed by atoms with E-state index in [2.05, 4.69) is 21.3 Å². The van der Waals surface area contributed by atoms with Crippen molar-refractivity contribution in [2.24, 2.45) is 0 Å². The van der Waals surface area contributed by atoms with Crippen LogP contribution in [0.4, 0.5) is 0 Å². The van der Waals surface area contributed by atoms with E-state index in [0.717, 1.165) is 19.3 Å². The number of rotatable bonds is 13. The van der Waals surface area contributed by atoms with Crippen LogP contribution in [0.25, 0.3) is 0 Å². The van der Waals surface area contributed by atoms with Crippen LogP contribution in [0.2, 0.25) is 0 Å². The fraction of sp³-hybridized carbons (Fsp3) is 1.00. The third-order valence-corrected chi connectivity index (χ3v) is 3.61. The van der Waals surface area contributed by atoms with Gasteiger partial charge in [0.1, 0.15) is 11.2 Å². The van der Waals surface area contributed by atoms with Crippen molar-refractivity contribution in [1.82, 2.24) is 0 Å². The molecule has 0 saturated carbocycles. The molecule has 0 aliphatic rings. The third-order valence-electron chi connectivity index (χ3n) is 2.87. The molecule has 0 spiro atoms. The van der Waals surface area contributed by atoms with Gasteiger partial charge in [0.25, 0.3) is 0 Å². The standard InChI is InChI=1S/C12H28NO4S/c1-2-3-4-5-6-7-8-9-10-11-12-16-18(14,15)17-13/h2-12H2,1,13H3/q+2. The Hall–Kier alpha value is -0.0100. The minimum absolute atomic E-state index is 0.189. The summed E-state index contributed by atoms with van der Waals surface area (Å²) in [4.78, 5) is 0. The first-order valence-corrected chi connectivity index (χ1v) is 8.28. The summed E-state index contributed by atoms with van der Waals surface area (Å²) in [5, 5.41) is 0. The Morgan fingerprint density at radius 3 is 1.78 bits per heavy atom. The van der Waals surface area contributed by atoms with Crippen LogP contribution in [-0.2, 0) is 28.0 Å². The van der Waals surface area contributed by atoms with Crippen LogP contribution in [0.1, 0.15) is 71.1 Å². The minimum atomic E-state index is -3.84. The third kappa shape index (κ3) is 12.4.